The van der Waals surface area contributed by atoms with Crippen LogP contribution in [0.25, 0.3) is 33.0 Å². The van der Waals surface area contributed by atoms with E-state index in [1.54, 1.807) is 0 Å². The minimum absolute atomic E-state index is 0.211. The Morgan fingerprint density at radius 3 is 1.20 bits per heavy atom. The Bertz CT molecular complexity index is 2930. The predicted molar refractivity (Wildman–Crippen MR) is 259 cm³/mol. The lowest BCUT2D eigenvalue weighted by molar-refractivity contribution is 0.0857. The zero-order valence-corrected chi connectivity index (χ0v) is 37.0. The summed E-state index contributed by atoms with van der Waals surface area (Å²) in [7, 11) is -7.55. The molecule has 316 valence electrons. The van der Waals surface area contributed by atoms with E-state index in [-0.39, 0.29) is 13.2 Å². The van der Waals surface area contributed by atoms with Crippen molar-refractivity contribution in [2.45, 2.75) is 37.7 Å². The summed E-state index contributed by atoms with van der Waals surface area (Å²) in [6, 6.07) is 59.3. The second-order valence-electron chi connectivity index (χ2n) is 16.2. The molecule has 8 heteroatoms. The van der Waals surface area contributed by atoms with E-state index >= 15 is 9.13 Å². The average molecular weight is 877 g/mol. The van der Waals surface area contributed by atoms with Crippen LogP contribution in [0.5, 0.6) is 11.5 Å². The number of rotatable bonds is 14. The molecule has 0 spiro atoms. The van der Waals surface area contributed by atoms with Gasteiger partial charge in [-0.3, -0.25) is 9.13 Å². The van der Waals surface area contributed by atoms with Crippen molar-refractivity contribution >= 4 is 36.1 Å². The SMILES string of the molecule is C=CCc1ccc(COC(c2ccc3cc(C(OCc4ccc(CC=C)cc4)P4(=O)Oc5ccccc5-c5ccccc54)ccc3c2)P2(=O)Oc3ccccc3-c3ccccc32)cc1. The maximum absolute atomic E-state index is 15.8. The topological polar surface area (TPSA) is 71.1 Å². The van der Waals surface area contributed by atoms with E-state index in [0.29, 0.717) is 33.2 Å². The quantitative estimate of drug-likeness (QED) is 0.0800. The first-order chi connectivity index (χ1) is 31.3. The summed E-state index contributed by atoms with van der Waals surface area (Å²) in [5, 5.41) is 2.99. The van der Waals surface area contributed by atoms with Gasteiger partial charge < -0.3 is 18.5 Å². The molecule has 0 bridgehead atoms. The van der Waals surface area contributed by atoms with Crippen LogP contribution in [0.15, 0.2) is 207 Å². The number of para-hydroxylation sites is 2. The van der Waals surface area contributed by atoms with Crippen molar-refractivity contribution in [1.29, 1.82) is 0 Å². The maximum atomic E-state index is 15.8. The second-order valence-corrected chi connectivity index (χ2v) is 20.9. The highest BCUT2D eigenvalue weighted by molar-refractivity contribution is 7.68. The number of fused-ring (bicyclic) bond motifs is 7. The summed E-state index contributed by atoms with van der Waals surface area (Å²) >= 11 is 0. The highest BCUT2D eigenvalue weighted by Gasteiger charge is 2.46. The molecule has 0 aromatic heterocycles. The van der Waals surface area contributed by atoms with Crippen molar-refractivity contribution in [3.8, 4) is 33.8 Å². The van der Waals surface area contributed by atoms with Gasteiger partial charge in [-0.2, -0.15) is 0 Å². The first kappa shape index (κ1) is 41.5. The molecule has 0 radical (unpaired) electrons. The van der Waals surface area contributed by atoms with E-state index in [1.165, 1.54) is 0 Å². The van der Waals surface area contributed by atoms with E-state index in [9.17, 15) is 0 Å². The lowest BCUT2D eigenvalue weighted by Crippen LogP contribution is -2.24. The van der Waals surface area contributed by atoms with Crippen LogP contribution in [-0.2, 0) is 44.7 Å². The van der Waals surface area contributed by atoms with Crippen LogP contribution in [0.2, 0.25) is 0 Å². The Labute approximate surface area is 374 Å². The van der Waals surface area contributed by atoms with Gasteiger partial charge >= 0.3 is 14.7 Å². The Hall–Kier alpha value is -6.52. The lowest BCUT2D eigenvalue weighted by atomic mass is 10.0. The van der Waals surface area contributed by atoms with Gasteiger partial charge in [-0.05, 0) is 105 Å². The third kappa shape index (κ3) is 7.78. The second kappa shape index (κ2) is 17.6. The molecule has 8 aromatic carbocycles. The molecule has 2 aliphatic heterocycles. The highest BCUT2D eigenvalue weighted by atomic mass is 31.2. The third-order valence-corrected chi connectivity index (χ3v) is 17.2. The van der Waals surface area contributed by atoms with Crippen molar-refractivity contribution in [1.82, 2.24) is 0 Å². The molecule has 64 heavy (non-hydrogen) atoms. The van der Waals surface area contributed by atoms with Crippen molar-refractivity contribution in [3.63, 3.8) is 0 Å². The smallest absolute Gasteiger partial charge is 0.310 e. The standard InChI is InChI=1S/C56H46O6P2/c1-3-13-39-23-27-41(28-24-39)37-59-55(63(57)53-21-11-7-17-49(53)47-15-5-9-19-51(47)61-63)45-33-31-44-36-46(34-32-43(44)35-45)56(60-38-42-29-25-40(14-4-2)26-30-42)64(58)54-22-12-8-18-50(54)48-16-6-10-20-52(48)62-64/h3-12,15-36,55-56H,1-2,13-14,37-38H2. The average Bonchev–Trinajstić information content (AvgIpc) is 3.33. The maximum Gasteiger partial charge on any atom is 0.310 e. The predicted octanol–water partition coefficient (Wildman–Crippen LogP) is 14.1. The highest BCUT2D eigenvalue weighted by Crippen LogP contribution is 2.66. The Morgan fingerprint density at radius 1 is 0.438 bits per heavy atom. The molecule has 0 fully saturated rings. The minimum atomic E-state index is -3.77. The number of benzene rings is 8. The summed E-state index contributed by atoms with van der Waals surface area (Å²) in [5.41, 5.74) is 9.13. The number of hydrogen-bond donors (Lipinski definition) is 0. The van der Waals surface area contributed by atoms with Crippen molar-refractivity contribution in [3.05, 3.63) is 241 Å². The van der Waals surface area contributed by atoms with E-state index in [2.05, 4.69) is 37.4 Å². The number of allylic oxidation sites excluding steroid dienone is 2. The fourth-order valence-corrected chi connectivity index (χ4v) is 13.9. The van der Waals surface area contributed by atoms with Crippen molar-refractivity contribution < 1.29 is 27.7 Å². The van der Waals surface area contributed by atoms with Crippen molar-refractivity contribution in [2.24, 2.45) is 0 Å². The largest absolute Gasteiger partial charge is 0.437 e. The molecular formula is C56H46O6P2. The first-order valence-corrected chi connectivity index (χ1v) is 24.8. The molecule has 0 aliphatic carbocycles. The lowest BCUT2D eigenvalue weighted by Gasteiger charge is -2.34. The fourth-order valence-electron chi connectivity index (χ4n) is 8.82. The van der Waals surface area contributed by atoms with E-state index < -0.39 is 26.4 Å². The molecular weight excluding hydrogens is 831 g/mol. The molecule has 2 heterocycles. The summed E-state index contributed by atoms with van der Waals surface area (Å²) in [6.45, 7) is 8.16. The zero-order chi connectivity index (χ0) is 43.7. The van der Waals surface area contributed by atoms with Gasteiger partial charge in [0.05, 0.1) is 23.8 Å². The summed E-state index contributed by atoms with van der Waals surface area (Å²) in [4.78, 5) is 0. The molecule has 10 rings (SSSR count). The molecule has 2 aliphatic rings. The molecule has 6 nitrogen and oxygen atoms in total. The van der Waals surface area contributed by atoms with Crippen LogP contribution in [-0.4, -0.2) is 0 Å². The Morgan fingerprint density at radius 2 is 0.797 bits per heavy atom. The minimum Gasteiger partial charge on any atom is -0.437 e. The van der Waals surface area contributed by atoms with Gasteiger partial charge in [0.1, 0.15) is 11.5 Å². The van der Waals surface area contributed by atoms with Crippen LogP contribution in [0.1, 0.15) is 45.1 Å². The number of ether oxygens (including phenoxy) is 2. The molecule has 0 amide bonds. The van der Waals surface area contributed by atoms with E-state index in [1.807, 2.05) is 170 Å². The van der Waals surface area contributed by atoms with Gasteiger partial charge in [-0.15, -0.1) is 13.2 Å². The summed E-state index contributed by atoms with van der Waals surface area (Å²) < 4.78 is 58.4. The zero-order valence-electron chi connectivity index (χ0n) is 35.2. The third-order valence-electron chi connectivity index (χ3n) is 12.0. The van der Waals surface area contributed by atoms with Crippen LogP contribution in [0, 0.1) is 0 Å². The first-order valence-electron chi connectivity index (χ1n) is 21.5. The van der Waals surface area contributed by atoms with Gasteiger partial charge in [0, 0.05) is 11.1 Å². The van der Waals surface area contributed by atoms with Gasteiger partial charge in [-0.25, -0.2) is 0 Å². The van der Waals surface area contributed by atoms with Crippen molar-refractivity contribution in [2.75, 3.05) is 0 Å². The summed E-state index contributed by atoms with van der Waals surface area (Å²) in [6.07, 6.45) is 5.30. The van der Waals surface area contributed by atoms with Gasteiger partial charge in [-0.1, -0.05) is 158 Å². The number of hydrogen-bond acceptors (Lipinski definition) is 6. The van der Waals surface area contributed by atoms with Gasteiger partial charge in [0.2, 0.25) is 0 Å². The van der Waals surface area contributed by atoms with E-state index in [4.69, 9.17) is 18.5 Å². The van der Waals surface area contributed by atoms with Gasteiger partial charge in [0.15, 0.2) is 11.7 Å². The molecule has 0 saturated heterocycles. The molecule has 4 atom stereocenters. The Kier molecular flexibility index (Phi) is 11.4. The van der Waals surface area contributed by atoms with Crippen LogP contribution in [0.4, 0.5) is 0 Å². The molecule has 4 unspecified atom stereocenters. The van der Waals surface area contributed by atoms with E-state index in [0.717, 1.165) is 68.1 Å². The molecule has 0 N–H and O–H groups in total. The monoisotopic (exact) mass is 876 g/mol. The molecule has 8 aromatic rings. The van der Waals surface area contributed by atoms with Crippen LogP contribution in [0.3, 0.4) is 0 Å². The fraction of sp³-hybridized carbons (Fsp3) is 0.107. The van der Waals surface area contributed by atoms with Crippen LogP contribution < -0.4 is 19.7 Å². The summed E-state index contributed by atoms with van der Waals surface area (Å²) in [5.74, 6) is -0.785. The van der Waals surface area contributed by atoms with Gasteiger partial charge in [0.25, 0.3) is 0 Å². The normalized spacial score (nSPS) is 17.9. The Balaban J connectivity index is 1.05. The molecule has 0 saturated carbocycles. The van der Waals surface area contributed by atoms with Crippen LogP contribution >= 0.6 is 14.7 Å².